The molecule has 3 heteroatoms. The molecule has 3 nitrogen and oxygen atoms in total. The molecule has 0 fully saturated rings. The van der Waals surface area contributed by atoms with E-state index in [-0.39, 0.29) is 5.91 Å². The molecule has 0 bridgehead atoms. The lowest BCUT2D eigenvalue weighted by atomic mass is 9.85. The molecule has 0 atom stereocenters. The van der Waals surface area contributed by atoms with Crippen molar-refractivity contribution >= 4 is 11.6 Å². The Labute approximate surface area is 128 Å². The first kappa shape index (κ1) is 15.9. The second kappa shape index (κ2) is 6.97. The molecule has 0 saturated heterocycles. The number of benzene rings is 1. The first-order valence-corrected chi connectivity index (χ1v) is 8.14. The second-order valence-electron chi connectivity index (χ2n) is 6.76. The molecule has 2 rings (SSSR count). The number of fused-ring (bicyclic) bond motifs is 1. The first-order chi connectivity index (χ1) is 9.99. The summed E-state index contributed by atoms with van der Waals surface area (Å²) >= 11 is 0. The molecule has 0 saturated carbocycles. The van der Waals surface area contributed by atoms with Crippen LogP contribution in [-0.2, 0) is 6.42 Å². The van der Waals surface area contributed by atoms with Gasteiger partial charge in [0.15, 0.2) is 0 Å². The van der Waals surface area contributed by atoms with Crippen LogP contribution in [0.25, 0.3) is 0 Å². The van der Waals surface area contributed by atoms with Crippen LogP contribution in [0.15, 0.2) is 18.2 Å². The van der Waals surface area contributed by atoms with Gasteiger partial charge in [0, 0.05) is 24.3 Å². The number of nitrogens with one attached hydrogen (secondary N) is 2. The average Bonchev–Trinajstić information content (AvgIpc) is 2.46. The molecule has 0 radical (unpaired) electrons. The molecule has 0 aromatic heterocycles. The fraction of sp³-hybridized carbons (Fsp3) is 0.611. The van der Waals surface area contributed by atoms with Crippen LogP contribution in [0.1, 0.15) is 50.0 Å². The summed E-state index contributed by atoms with van der Waals surface area (Å²) < 4.78 is 0. The van der Waals surface area contributed by atoms with Crippen molar-refractivity contribution in [2.24, 2.45) is 17.8 Å². The van der Waals surface area contributed by atoms with Gasteiger partial charge in [0.25, 0.3) is 5.91 Å². The minimum atomic E-state index is 0.0506. The van der Waals surface area contributed by atoms with Crippen molar-refractivity contribution in [3.8, 4) is 0 Å². The van der Waals surface area contributed by atoms with Gasteiger partial charge in [0.2, 0.25) is 0 Å². The molecule has 1 aromatic rings. The Kier molecular flexibility index (Phi) is 5.27. The van der Waals surface area contributed by atoms with E-state index in [4.69, 9.17) is 0 Å². The normalized spacial score (nSPS) is 14.2. The minimum absolute atomic E-state index is 0.0506. The number of rotatable bonds is 5. The third-order valence-electron chi connectivity index (χ3n) is 4.52. The topological polar surface area (TPSA) is 41.1 Å². The zero-order valence-electron chi connectivity index (χ0n) is 13.7. The Balaban J connectivity index is 2.00. The number of hydrogen-bond donors (Lipinski definition) is 2. The van der Waals surface area contributed by atoms with Crippen molar-refractivity contribution in [3.05, 3.63) is 29.3 Å². The standard InChI is InChI=1S/C18H28N2O/c1-12(2)16(13(3)4)11-20-18(21)15-7-8-17-14(10-15)6-5-9-19-17/h7-8,10,12-13,16,19H,5-6,9,11H2,1-4H3,(H,20,21). The average molecular weight is 288 g/mol. The molecule has 0 spiro atoms. The molecule has 1 amide bonds. The lowest BCUT2D eigenvalue weighted by molar-refractivity contribution is 0.0937. The van der Waals surface area contributed by atoms with Gasteiger partial charge < -0.3 is 10.6 Å². The van der Waals surface area contributed by atoms with Crippen LogP contribution in [-0.4, -0.2) is 19.0 Å². The summed E-state index contributed by atoms with van der Waals surface area (Å²) in [5.74, 6) is 1.74. The minimum Gasteiger partial charge on any atom is -0.385 e. The Bertz CT molecular complexity index is 486. The van der Waals surface area contributed by atoms with E-state index >= 15 is 0 Å². The summed E-state index contributed by atoms with van der Waals surface area (Å²) in [6.45, 7) is 10.7. The summed E-state index contributed by atoms with van der Waals surface area (Å²) in [5.41, 5.74) is 3.22. The monoisotopic (exact) mass is 288 g/mol. The number of carbonyl (C=O) groups is 1. The summed E-state index contributed by atoms with van der Waals surface area (Å²) in [7, 11) is 0. The van der Waals surface area contributed by atoms with E-state index in [1.807, 2.05) is 18.2 Å². The van der Waals surface area contributed by atoms with E-state index in [0.29, 0.717) is 17.8 Å². The summed E-state index contributed by atoms with van der Waals surface area (Å²) in [6.07, 6.45) is 2.20. The zero-order valence-corrected chi connectivity index (χ0v) is 13.7. The molecule has 21 heavy (non-hydrogen) atoms. The van der Waals surface area contributed by atoms with Crippen molar-refractivity contribution in [1.82, 2.24) is 5.32 Å². The first-order valence-electron chi connectivity index (χ1n) is 8.14. The highest BCUT2D eigenvalue weighted by Gasteiger charge is 2.19. The number of anilines is 1. The van der Waals surface area contributed by atoms with Gasteiger partial charge in [-0.2, -0.15) is 0 Å². The van der Waals surface area contributed by atoms with Crippen LogP contribution < -0.4 is 10.6 Å². The summed E-state index contributed by atoms with van der Waals surface area (Å²) in [5, 5.41) is 6.49. The molecule has 1 aliphatic heterocycles. The quantitative estimate of drug-likeness (QED) is 0.867. The Morgan fingerprint density at radius 3 is 2.62 bits per heavy atom. The molecule has 0 aliphatic carbocycles. The Morgan fingerprint density at radius 2 is 1.95 bits per heavy atom. The van der Waals surface area contributed by atoms with Gasteiger partial charge in [0.1, 0.15) is 0 Å². The fourth-order valence-electron chi connectivity index (χ4n) is 3.17. The van der Waals surface area contributed by atoms with Gasteiger partial charge in [-0.3, -0.25) is 4.79 Å². The number of carbonyl (C=O) groups excluding carboxylic acids is 1. The second-order valence-corrected chi connectivity index (χ2v) is 6.76. The van der Waals surface area contributed by atoms with Crippen LogP contribution in [0.4, 0.5) is 5.69 Å². The maximum absolute atomic E-state index is 12.3. The fourth-order valence-corrected chi connectivity index (χ4v) is 3.17. The van der Waals surface area contributed by atoms with Crippen molar-refractivity contribution in [3.63, 3.8) is 0 Å². The van der Waals surface area contributed by atoms with Crippen molar-refractivity contribution in [1.29, 1.82) is 0 Å². The smallest absolute Gasteiger partial charge is 0.251 e. The molecule has 0 unspecified atom stereocenters. The van der Waals surface area contributed by atoms with Gasteiger partial charge in [-0.05, 0) is 54.4 Å². The predicted molar refractivity (Wildman–Crippen MR) is 88.8 cm³/mol. The van der Waals surface area contributed by atoms with E-state index in [0.717, 1.165) is 31.5 Å². The molecular weight excluding hydrogens is 260 g/mol. The SMILES string of the molecule is CC(C)C(CNC(=O)c1ccc2c(c1)CCCN2)C(C)C. The number of amides is 1. The molecular formula is C18H28N2O. The Morgan fingerprint density at radius 1 is 1.24 bits per heavy atom. The van der Waals surface area contributed by atoms with Gasteiger partial charge in [-0.1, -0.05) is 27.7 Å². The van der Waals surface area contributed by atoms with Crippen LogP contribution in [0.5, 0.6) is 0 Å². The predicted octanol–water partition coefficient (Wildman–Crippen LogP) is 3.70. The lowest BCUT2D eigenvalue weighted by Crippen LogP contribution is -2.34. The van der Waals surface area contributed by atoms with Gasteiger partial charge in [-0.15, -0.1) is 0 Å². The van der Waals surface area contributed by atoms with Gasteiger partial charge in [0.05, 0.1) is 0 Å². The molecule has 116 valence electrons. The van der Waals surface area contributed by atoms with E-state index < -0.39 is 0 Å². The van der Waals surface area contributed by atoms with Crippen LogP contribution in [0.2, 0.25) is 0 Å². The van der Waals surface area contributed by atoms with E-state index in [1.54, 1.807) is 0 Å². The Hall–Kier alpha value is -1.51. The van der Waals surface area contributed by atoms with Gasteiger partial charge >= 0.3 is 0 Å². The summed E-state index contributed by atoms with van der Waals surface area (Å²) in [4.78, 5) is 12.3. The summed E-state index contributed by atoms with van der Waals surface area (Å²) in [6, 6.07) is 5.99. The highest BCUT2D eigenvalue weighted by Crippen LogP contribution is 2.23. The van der Waals surface area contributed by atoms with Crippen molar-refractivity contribution < 1.29 is 4.79 Å². The maximum Gasteiger partial charge on any atom is 0.251 e. The number of hydrogen-bond acceptors (Lipinski definition) is 2. The van der Waals surface area contributed by atoms with E-state index in [9.17, 15) is 4.79 Å². The van der Waals surface area contributed by atoms with E-state index in [2.05, 4.69) is 38.3 Å². The molecule has 1 heterocycles. The van der Waals surface area contributed by atoms with Crippen molar-refractivity contribution in [2.75, 3.05) is 18.4 Å². The third kappa shape index (κ3) is 3.99. The molecule has 2 N–H and O–H groups in total. The zero-order chi connectivity index (χ0) is 15.4. The maximum atomic E-state index is 12.3. The van der Waals surface area contributed by atoms with Crippen LogP contribution in [0.3, 0.4) is 0 Å². The molecule has 1 aromatic carbocycles. The van der Waals surface area contributed by atoms with E-state index in [1.165, 1.54) is 11.3 Å². The van der Waals surface area contributed by atoms with Crippen LogP contribution >= 0.6 is 0 Å². The molecule has 1 aliphatic rings. The third-order valence-corrected chi connectivity index (χ3v) is 4.52. The largest absolute Gasteiger partial charge is 0.385 e. The highest BCUT2D eigenvalue weighted by molar-refractivity contribution is 5.95. The van der Waals surface area contributed by atoms with Crippen molar-refractivity contribution in [2.45, 2.75) is 40.5 Å². The highest BCUT2D eigenvalue weighted by atomic mass is 16.1. The lowest BCUT2D eigenvalue weighted by Gasteiger charge is -2.25. The van der Waals surface area contributed by atoms with Crippen LogP contribution in [0, 0.1) is 17.8 Å². The van der Waals surface area contributed by atoms with Gasteiger partial charge in [-0.25, -0.2) is 0 Å². The number of aryl methyl sites for hydroxylation is 1.